The lowest BCUT2D eigenvalue weighted by Crippen LogP contribution is -2.08. The summed E-state index contributed by atoms with van der Waals surface area (Å²) in [6.45, 7) is 4.20. The van der Waals surface area contributed by atoms with Gasteiger partial charge in [-0.25, -0.2) is 0 Å². The van der Waals surface area contributed by atoms with Crippen LogP contribution in [0.5, 0.6) is 0 Å². The summed E-state index contributed by atoms with van der Waals surface area (Å²) in [4.78, 5) is 0. The molecule has 0 aliphatic heterocycles. The van der Waals surface area contributed by atoms with E-state index in [1.54, 1.807) is 11.3 Å². The largest absolute Gasteiger partial charge is 0.358 e. The number of hydrogen-bond acceptors (Lipinski definition) is 4. The Kier molecular flexibility index (Phi) is 3.58. The molecule has 2 aromatic rings. The van der Waals surface area contributed by atoms with Crippen LogP contribution in [0.2, 0.25) is 0 Å². The Labute approximate surface area is 130 Å². The summed E-state index contributed by atoms with van der Waals surface area (Å²) in [5.41, 5.74) is 3.89. The van der Waals surface area contributed by atoms with Crippen LogP contribution in [0.1, 0.15) is 25.0 Å². The van der Waals surface area contributed by atoms with Crippen LogP contribution in [-0.2, 0) is 6.42 Å². The zero-order valence-electron chi connectivity index (χ0n) is 10.8. The minimum Gasteiger partial charge on any atom is -0.358 e. The van der Waals surface area contributed by atoms with E-state index in [4.69, 9.17) is 0 Å². The molecule has 98 valence electrons. The standard InChI is InChI=1S/C14H14IN3S/c1-8(2)16-14-18-17-13(19-14)10-4-3-9-5-6-12(15)11(9)7-10/h3-4,6-8H,5H2,1-2H3,(H,16,18). The van der Waals surface area contributed by atoms with Crippen molar-refractivity contribution in [3.8, 4) is 10.6 Å². The second-order valence-electron chi connectivity index (χ2n) is 4.84. The molecule has 1 heterocycles. The molecule has 1 aromatic carbocycles. The Morgan fingerprint density at radius 3 is 2.95 bits per heavy atom. The van der Waals surface area contributed by atoms with Gasteiger partial charge in [0.1, 0.15) is 5.01 Å². The number of rotatable bonds is 3. The highest BCUT2D eigenvalue weighted by molar-refractivity contribution is 14.1. The van der Waals surface area contributed by atoms with Crippen LogP contribution in [0, 0.1) is 0 Å². The fourth-order valence-electron chi connectivity index (χ4n) is 2.06. The van der Waals surface area contributed by atoms with E-state index in [9.17, 15) is 0 Å². The SMILES string of the molecule is CC(C)Nc1nnc(-c2ccc3c(c2)C(I)=CC3)s1. The van der Waals surface area contributed by atoms with Gasteiger partial charge in [0.25, 0.3) is 0 Å². The average Bonchev–Trinajstić information content (AvgIpc) is 2.96. The van der Waals surface area contributed by atoms with Crippen molar-refractivity contribution in [2.45, 2.75) is 26.3 Å². The van der Waals surface area contributed by atoms with Gasteiger partial charge in [0.15, 0.2) is 0 Å². The summed E-state index contributed by atoms with van der Waals surface area (Å²) < 4.78 is 1.33. The summed E-state index contributed by atoms with van der Waals surface area (Å²) in [6.07, 6.45) is 3.31. The van der Waals surface area contributed by atoms with Gasteiger partial charge < -0.3 is 5.32 Å². The Balaban J connectivity index is 1.92. The fourth-order valence-corrected chi connectivity index (χ4v) is 3.67. The van der Waals surface area contributed by atoms with E-state index in [1.165, 1.54) is 14.7 Å². The van der Waals surface area contributed by atoms with Crippen molar-refractivity contribution in [2.24, 2.45) is 0 Å². The van der Waals surface area contributed by atoms with Crippen molar-refractivity contribution < 1.29 is 0 Å². The maximum atomic E-state index is 4.27. The molecule has 0 spiro atoms. The van der Waals surface area contributed by atoms with Gasteiger partial charge in [-0.1, -0.05) is 29.5 Å². The van der Waals surface area contributed by atoms with E-state index >= 15 is 0 Å². The van der Waals surface area contributed by atoms with Crippen molar-refractivity contribution >= 4 is 42.6 Å². The number of nitrogens with zero attached hydrogens (tertiary/aromatic N) is 2. The maximum absolute atomic E-state index is 4.27. The van der Waals surface area contributed by atoms with Gasteiger partial charge in [-0.3, -0.25) is 0 Å². The van der Waals surface area contributed by atoms with Crippen molar-refractivity contribution in [2.75, 3.05) is 5.32 Å². The monoisotopic (exact) mass is 383 g/mol. The van der Waals surface area contributed by atoms with Gasteiger partial charge in [0.05, 0.1) is 0 Å². The van der Waals surface area contributed by atoms with E-state index < -0.39 is 0 Å². The van der Waals surface area contributed by atoms with Crippen LogP contribution in [0.3, 0.4) is 0 Å². The first-order valence-corrected chi connectivity index (χ1v) is 8.12. The Morgan fingerprint density at radius 1 is 1.32 bits per heavy atom. The fraction of sp³-hybridized carbons (Fsp3) is 0.286. The topological polar surface area (TPSA) is 37.8 Å². The molecule has 1 aromatic heterocycles. The zero-order chi connectivity index (χ0) is 13.4. The summed E-state index contributed by atoms with van der Waals surface area (Å²) in [5, 5.41) is 13.6. The summed E-state index contributed by atoms with van der Waals surface area (Å²) in [7, 11) is 0. The lowest BCUT2D eigenvalue weighted by atomic mass is 10.1. The molecule has 0 fully saturated rings. The molecule has 0 unspecified atom stereocenters. The molecule has 0 saturated carbocycles. The van der Waals surface area contributed by atoms with Crippen LogP contribution in [0.25, 0.3) is 14.2 Å². The van der Waals surface area contributed by atoms with Crippen molar-refractivity contribution in [3.63, 3.8) is 0 Å². The van der Waals surface area contributed by atoms with Gasteiger partial charge in [-0.05, 0) is 60.1 Å². The van der Waals surface area contributed by atoms with E-state index in [-0.39, 0.29) is 0 Å². The van der Waals surface area contributed by atoms with Crippen molar-refractivity contribution in [1.82, 2.24) is 10.2 Å². The highest BCUT2D eigenvalue weighted by atomic mass is 127. The number of nitrogens with one attached hydrogen (secondary N) is 1. The highest BCUT2D eigenvalue weighted by Gasteiger charge is 2.14. The molecular formula is C14H14IN3S. The minimum absolute atomic E-state index is 0.379. The van der Waals surface area contributed by atoms with Gasteiger partial charge in [-0.2, -0.15) is 0 Å². The second-order valence-corrected chi connectivity index (χ2v) is 6.98. The normalized spacial score (nSPS) is 13.6. The van der Waals surface area contributed by atoms with Crippen LogP contribution in [0.15, 0.2) is 24.3 Å². The molecule has 0 atom stereocenters. The van der Waals surface area contributed by atoms with Gasteiger partial charge in [0.2, 0.25) is 5.13 Å². The van der Waals surface area contributed by atoms with Gasteiger partial charge in [-0.15, -0.1) is 10.2 Å². The van der Waals surface area contributed by atoms with Crippen LogP contribution in [-0.4, -0.2) is 16.2 Å². The third kappa shape index (κ3) is 2.67. The molecule has 0 amide bonds. The molecule has 0 saturated heterocycles. The summed E-state index contributed by atoms with van der Waals surface area (Å²) >= 11 is 4.00. The predicted molar refractivity (Wildman–Crippen MR) is 89.8 cm³/mol. The molecule has 19 heavy (non-hydrogen) atoms. The second kappa shape index (κ2) is 5.20. The van der Waals surface area contributed by atoms with E-state index in [0.717, 1.165) is 22.1 Å². The number of halogens is 1. The Morgan fingerprint density at radius 2 is 2.16 bits per heavy atom. The minimum atomic E-state index is 0.379. The number of anilines is 1. The molecule has 0 bridgehead atoms. The van der Waals surface area contributed by atoms with Crippen molar-refractivity contribution in [1.29, 1.82) is 0 Å². The van der Waals surface area contributed by atoms with E-state index in [2.05, 4.69) is 76.2 Å². The Bertz CT molecular complexity index is 646. The molecule has 1 N–H and O–H groups in total. The van der Waals surface area contributed by atoms with E-state index in [1.807, 2.05) is 0 Å². The number of aromatic nitrogens is 2. The number of allylic oxidation sites excluding steroid dienone is 1. The van der Waals surface area contributed by atoms with E-state index in [0.29, 0.717) is 6.04 Å². The molecule has 5 heteroatoms. The van der Waals surface area contributed by atoms with Gasteiger partial charge >= 0.3 is 0 Å². The summed E-state index contributed by atoms with van der Waals surface area (Å²) in [6, 6.07) is 6.94. The first-order valence-electron chi connectivity index (χ1n) is 6.23. The van der Waals surface area contributed by atoms with Gasteiger partial charge in [0, 0.05) is 15.2 Å². The Hall–Kier alpha value is -0.950. The number of fused-ring (bicyclic) bond motifs is 1. The zero-order valence-corrected chi connectivity index (χ0v) is 13.7. The lowest BCUT2D eigenvalue weighted by Gasteiger charge is -2.04. The third-order valence-electron chi connectivity index (χ3n) is 2.95. The first kappa shape index (κ1) is 13.1. The molecule has 1 aliphatic rings. The average molecular weight is 383 g/mol. The number of benzene rings is 1. The molecule has 3 nitrogen and oxygen atoms in total. The molecular weight excluding hydrogens is 369 g/mol. The highest BCUT2D eigenvalue weighted by Crippen LogP contribution is 2.36. The molecule has 3 rings (SSSR count). The third-order valence-corrected chi connectivity index (χ3v) is 4.88. The van der Waals surface area contributed by atoms with Crippen molar-refractivity contribution in [3.05, 3.63) is 35.4 Å². The molecule has 0 radical (unpaired) electrons. The molecule has 1 aliphatic carbocycles. The quantitative estimate of drug-likeness (QED) is 0.801. The van der Waals surface area contributed by atoms with Crippen LogP contribution >= 0.6 is 33.9 Å². The van der Waals surface area contributed by atoms with Crippen LogP contribution in [0.4, 0.5) is 5.13 Å². The smallest absolute Gasteiger partial charge is 0.206 e. The summed E-state index contributed by atoms with van der Waals surface area (Å²) in [5.74, 6) is 0. The predicted octanol–water partition coefficient (Wildman–Crippen LogP) is 4.36. The van der Waals surface area contributed by atoms with Crippen LogP contribution < -0.4 is 5.32 Å². The number of hydrogen-bond donors (Lipinski definition) is 1. The maximum Gasteiger partial charge on any atom is 0.206 e. The first-order chi connectivity index (χ1) is 9.13. The lowest BCUT2D eigenvalue weighted by molar-refractivity contribution is 0.888.